The monoisotopic (exact) mass is 434 g/mol. The fourth-order valence-electron chi connectivity index (χ4n) is 7.67. The molecule has 7 rings (SSSR count). The topological polar surface area (TPSA) is 53.8 Å². The van der Waals surface area contributed by atoms with Crippen LogP contribution in [0.2, 0.25) is 0 Å². The van der Waals surface area contributed by atoms with E-state index < -0.39 is 0 Å². The van der Waals surface area contributed by atoms with Crippen LogP contribution >= 0.6 is 0 Å². The lowest BCUT2D eigenvalue weighted by molar-refractivity contribution is -0.160. The van der Waals surface area contributed by atoms with E-state index in [4.69, 9.17) is 4.42 Å². The second-order valence-electron chi connectivity index (χ2n) is 11.2. The predicted molar refractivity (Wildman–Crippen MR) is 123 cm³/mol. The molecule has 1 saturated heterocycles. The molecule has 0 spiro atoms. The zero-order valence-corrected chi connectivity index (χ0v) is 19.4. The quantitative estimate of drug-likeness (QED) is 0.716. The molecule has 5 aliphatic rings. The number of hydrogen-bond donors (Lipinski definition) is 0. The van der Waals surface area contributed by atoms with E-state index in [1.807, 2.05) is 4.90 Å². The third kappa shape index (κ3) is 3.19. The molecule has 4 saturated carbocycles. The first kappa shape index (κ1) is 20.3. The third-order valence-corrected chi connectivity index (χ3v) is 9.09. The summed E-state index contributed by atoms with van der Waals surface area (Å²) >= 11 is 0. The van der Waals surface area contributed by atoms with Crippen molar-refractivity contribution in [1.82, 2.24) is 9.80 Å². The Hall–Kier alpha value is -2.30. The Bertz CT molecular complexity index is 1040. The van der Waals surface area contributed by atoms with Crippen LogP contribution in [0.5, 0.6) is 0 Å². The van der Waals surface area contributed by atoms with Crippen molar-refractivity contribution in [2.24, 2.45) is 23.2 Å². The van der Waals surface area contributed by atoms with Crippen LogP contribution in [0.4, 0.5) is 0 Å². The van der Waals surface area contributed by atoms with Crippen molar-refractivity contribution in [2.75, 3.05) is 26.2 Å². The van der Waals surface area contributed by atoms with Crippen LogP contribution in [-0.4, -0.2) is 47.8 Å². The number of amides is 2. The van der Waals surface area contributed by atoms with Gasteiger partial charge in [0, 0.05) is 37.1 Å². The summed E-state index contributed by atoms with van der Waals surface area (Å²) in [5.41, 5.74) is 4.11. The summed E-state index contributed by atoms with van der Waals surface area (Å²) in [7, 11) is 0. The lowest BCUT2D eigenvalue weighted by atomic mass is 9.49. The lowest BCUT2D eigenvalue weighted by Gasteiger charge is -2.57. The van der Waals surface area contributed by atoms with E-state index in [1.165, 1.54) is 24.8 Å². The number of fused-ring (bicyclic) bond motifs is 1. The van der Waals surface area contributed by atoms with Crippen molar-refractivity contribution in [3.63, 3.8) is 0 Å². The van der Waals surface area contributed by atoms with Gasteiger partial charge in [-0.2, -0.15) is 0 Å². The Kier molecular flexibility index (Phi) is 4.67. The van der Waals surface area contributed by atoms with E-state index in [-0.39, 0.29) is 11.3 Å². The zero-order valence-electron chi connectivity index (χ0n) is 19.4. The Balaban J connectivity index is 1.10. The number of nitrogens with zero attached hydrogens (tertiary/aromatic N) is 2. The van der Waals surface area contributed by atoms with E-state index in [1.54, 1.807) is 6.26 Å². The van der Waals surface area contributed by atoms with Gasteiger partial charge >= 0.3 is 0 Å². The molecule has 0 atom stereocenters. The molecule has 2 amide bonds. The Morgan fingerprint density at radius 2 is 1.53 bits per heavy atom. The molecular formula is C27H34N2O3. The predicted octanol–water partition coefficient (Wildman–Crippen LogP) is 4.48. The number of piperazine rings is 1. The van der Waals surface area contributed by atoms with Gasteiger partial charge in [-0.05, 0) is 81.3 Å². The molecule has 5 nitrogen and oxygen atoms in total. The maximum absolute atomic E-state index is 13.6. The zero-order chi connectivity index (χ0) is 22.0. The molecule has 4 bridgehead atoms. The highest BCUT2D eigenvalue weighted by molar-refractivity contribution is 5.90. The van der Waals surface area contributed by atoms with E-state index in [9.17, 15) is 9.59 Å². The van der Waals surface area contributed by atoms with Crippen molar-refractivity contribution in [2.45, 2.75) is 58.8 Å². The molecule has 1 aromatic heterocycles. The SMILES string of the molecule is Cc1ccc2c(CC(=O)N3CCN(C(=O)C45CC6CC(CC(C6)C4)C5)CC3)coc2c1C. The van der Waals surface area contributed by atoms with E-state index in [0.29, 0.717) is 38.5 Å². The van der Waals surface area contributed by atoms with Crippen molar-refractivity contribution in [1.29, 1.82) is 0 Å². The van der Waals surface area contributed by atoms with Gasteiger partial charge < -0.3 is 14.2 Å². The smallest absolute Gasteiger partial charge is 0.228 e. The minimum Gasteiger partial charge on any atom is -0.464 e. The number of carbonyl (C=O) groups is 2. The van der Waals surface area contributed by atoms with Gasteiger partial charge in [-0.25, -0.2) is 0 Å². The van der Waals surface area contributed by atoms with Crippen LogP contribution in [0.1, 0.15) is 55.2 Å². The summed E-state index contributed by atoms with van der Waals surface area (Å²) in [6.07, 6.45) is 9.51. The number of aryl methyl sites for hydroxylation is 2. The summed E-state index contributed by atoms with van der Waals surface area (Å²) in [4.78, 5) is 30.7. The number of furan rings is 1. The summed E-state index contributed by atoms with van der Waals surface area (Å²) < 4.78 is 5.79. The first-order valence-electron chi connectivity index (χ1n) is 12.5. The maximum atomic E-state index is 13.6. The lowest BCUT2D eigenvalue weighted by Crippen LogP contribution is -2.58. The van der Waals surface area contributed by atoms with Crippen molar-refractivity contribution < 1.29 is 14.0 Å². The number of benzene rings is 1. The molecule has 1 aliphatic heterocycles. The highest BCUT2D eigenvalue weighted by Gasteiger charge is 2.55. The van der Waals surface area contributed by atoms with Crippen molar-refractivity contribution >= 4 is 22.8 Å². The molecule has 0 N–H and O–H groups in total. The van der Waals surface area contributed by atoms with Crippen LogP contribution in [0, 0.1) is 37.0 Å². The molecule has 2 heterocycles. The minimum absolute atomic E-state index is 0.0768. The fraction of sp³-hybridized carbons (Fsp3) is 0.630. The molecule has 1 aromatic carbocycles. The Morgan fingerprint density at radius 1 is 0.938 bits per heavy atom. The molecule has 5 heteroatoms. The first-order chi connectivity index (χ1) is 15.4. The maximum Gasteiger partial charge on any atom is 0.228 e. The largest absolute Gasteiger partial charge is 0.464 e. The van der Waals surface area contributed by atoms with Crippen molar-refractivity contribution in [3.8, 4) is 0 Å². The summed E-state index contributed by atoms with van der Waals surface area (Å²) in [5, 5.41) is 1.04. The van der Waals surface area contributed by atoms with Crippen molar-refractivity contribution in [3.05, 3.63) is 35.1 Å². The fourth-order valence-corrected chi connectivity index (χ4v) is 7.67. The van der Waals surface area contributed by atoms with Crippen LogP contribution in [0.25, 0.3) is 11.0 Å². The molecule has 5 fully saturated rings. The average molecular weight is 435 g/mol. The number of rotatable bonds is 3. The van der Waals surface area contributed by atoms with E-state index in [0.717, 1.165) is 59.1 Å². The van der Waals surface area contributed by atoms with Crippen LogP contribution in [0.3, 0.4) is 0 Å². The minimum atomic E-state index is -0.0768. The molecule has 4 aliphatic carbocycles. The molecular weight excluding hydrogens is 400 g/mol. The van der Waals surface area contributed by atoms with Gasteiger partial charge in [0.2, 0.25) is 11.8 Å². The second-order valence-corrected chi connectivity index (χ2v) is 11.2. The van der Waals surface area contributed by atoms with Gasteiger partial charge in [0.25, 0.3) is 0 Å². The van der Waals surface area contributed by atoms with Gasteiger partial charge in [-0.3, -0.25) is 9.59 Å². The first-order valence-corrected chi connectivity index (χ1v) is 12.5. The highest BCUT2D eigenvalue weighted by atomic mass is 16.3. The standard InChI is InChI=1S/C27H34N2O3/c1-17-3-4-23-22(16-32-25(23)18(17)2)12-24(30)28-5-7-29(8-6-28)26(31)27-13-19-9-20(14-27)11-21(10-19)15-27/h3-4,16,19-21H,5-15H2,1-2H3. The molecule has 0 radical (unpaired) electrons. The second kappa shape index (κ2) is 7.36. The molecule has 170 valence electrons. The summed E-state index contributed by atoms with van der Waals surface area (Å²) in [6.45, 7) is 6.78. The van der Waals surface area contributed by atoms with Crippen LogP contribution in [0.15, 0.2) is 22.8 Å². The van der Waals surface area contributed by atoms with E-state index >= 15 is 0 Å². The van der Waals surface area contributed by atoms with E-state index in [2.05, 4.69) is 30.9 Å². The third-order valence-electron chi connectivity index (χ3n) is 9.09. The summed E-state index contributed by atoms with van der Waals surface area (Å²) in [5.74, 6) is 2.88. The van der Waals surface area contributed by atoms with Gasteiger partial charge in [-0.15, -0.1) is 0 Å². The van der Waals surface area contributed by atoms with Crippen LogP contribution < -0.4 is 0 Å². The normalized spacial score (nSPS) is 31.5. The number of hydrogen-bond acceptors (Lipinski definition) is 3. The molecule has 0 unspecified atom stereocenters. The van der Waals surface area contributed by atoms with Gasteiger partial charge in [0.1, 0.15) is 5.58 Å². The van der Waals surface area contributed by atoms with Gasteiger partial charge in [-0.1, -0.05) is 12.1 Å². The Labute approximate surface area is 190 Å². The highest BCUT2D eigenvalue weighted by Crippen LogP contribution is 2.60. The average Bonchev–Trinajstić information content (AvgIpc) is 3.18. The number of carbonyl (C=O) groups excluding carboxylic acids is 2. The van der Waals surface area contributed by atoms with Gasteiger partial charge in [0.05, 0.1) is 18.1 Å². The molecule has 2 aromatic rings. The Morgan fingerprint density at radius 3 is 2.16 bits per heavy atom. The van der Waals surface area contributed by atoms with Gasteiger partial charge in [0.15, 0.2) is 0 Å². The van der Waals surface area contributed by atoms with Crippen LogP contribution in [-0.2, 0) is 16.0 Å². The summed E-state index contributed by atoms with van der Waals surface area (Å²) in [6, 6.07) is 4.15. The molecule has 32 heavy (non-hydrogen) atoms.